The van der Waals surface area contributed by atoms with Crippen LogP contribution in [-0.4, -0.2) is 24.1 Å². The Balaban J connectivity index is 2.01. The molecule has 0 atom stereocenters. The van der Waals surface area contributed by atoms with Gasteiger partial charge in [-0.2, -0.15) is 11.8 Å². The summed E-state index contributed by atoms with van der Waals surface area (Å²) in [4.78, 5) is 11.8. The van der Waals surface area contributed by atoms with Gasteiger partial charge in [0.15, 0.2) is 17.3 Å². The van der Waals surface area contributed by atoms with Gasteiger partial charge >= 0.3 is 0 Å². The van der Waals surface area contributed by atoms with Crippen molar-refractivity contribution in [1.82, 2.24) is 0 Å². The van der Waals surface area contributed by atoms with Gasteiger partial charge in [-0.05, 0) is 30.4 Å². The molecule has 1 aromatic carbocycles. The molecule has 0 bridgehead atoms. The third-order valence-corrected chi connectivity index (χ3v) is 3.44. The molecule has 16 heavy (non-hydrogen) atoms. The highest BCUT2D eigenvalue weighted by molar-refractivity contribution is 7.99. The van der Waals surface area contributed by atoms with Crippen LogP contribution in [0.2, 0.25) is 0 Å². The van der Waals surface area contributed by atoms with Crippen LogP contribution in [0.15, 0.2) is 18.2 Å². The van der Waals surface area contributed by atoms with Crippen LogP contribution in [-0.2, 0) is 0 Å². The van der Waals surface area contributed by atoms with E-state index in [1.54, 1.807) is 30.0 Å². The Morgan fingerprint density at radius 3 is 3.00 bits per heavy atom. The lowest BCUT2D eigenvalue weighted by atomic mass is 10.1. The number of carbonyl (C=O) groups excluding carboxylic acids is 1. The quantitative estimate of drug-likeness (QED) is 0.583. The van der Waals surface area contributed by atoms with Gasteiger partial charge in [0.25, 0.3) is 0 Å². The van der Waals surface area contributed by atoms with Crippen molar-refractivity contribution >= 4 is 17.5 Å². The van der Waals surface area contributed by atoms with Crippen molar-refractivity contribution in [2.24, 2.45) is 0 Å². The average molecular weight is 238 g/mol. The molecule has 0 saturated carbocycles. The summed E-state index contributed by atoms with van der Waals surface area (Å²) in [6.07, 6.45) is 1.10. The monoisotopic (exact) mass is 238 g/mol. The smallest absolute Gasteiger partial charge is 0.231 e. The summed E-state index contributed by atoms with van der Waals surface area (Å²) in [5, 5.41) is 0. The zero-order valence-corrected chi connectivity index (χ0v) is 10.0. The number of ether oxygens (including phenoxy) is 2. The topological polar surface area (TPSA) is 35.5 Å². The van der Waals surface area contributed by atoms with Gasteiger partial charge in [0.05, 0.1) is 5.75 Å². The Bertz CT molecular complexity index is 390. The normalized spacial score (nSPS) is 12.8. The van der Waals surface area contributed by atoms with Crippen molar-refractivity contribution in [3.05, 3.63) is 23.8 Å². The van der Waals surface area contributed by atoms with Gasteiger partial charge in [0.1, 0.15) is 0 Å². The fourth-order valence-corrected chi connectivity index (χ4v) is 2.25. The first-order valence-electron chi connectivity index (χ1n) is 5.32. The summed E-state index contributed by atoms with van der Waals surface area (Å²) < 4.78 is 10.4. The van der Waals surface area contributed by atoms with Crippen LogP contribution in [0.4, 0.5) is 0 Å². The van der Waals surface area contributed by atoms with E-state index in [2.05, 4.69) is 6.92 Å². The maximum atomic E-state index is 11.8. The van der Waals surface area contributed by atoms with Gasteiger partial charge in [-0.25, -0.2) is 0 Å². The molecule has 1 heterocycles. The zero-order valence-electron chi connectivity index (χ0n) is 9.19. The van der Waals surface area contributed by atoms with Gasteiger partial charge < -0.3 is 9.47 Å². The Labute approximate surface area is 99.1 Å². The predicted octanol–water partition coefficient (Wildman–Crippen LogP) is 2.74. The van der Waals surface area contributed by atoms with Crippen molar-refractivity contribution < 1.29 is 14.3 Å². The lowest BCUT2D eigenvalue weighted by molar-refractivity contribution is 0.102. The third kappa shape index (κ3) is 2.50. The number of ketones is 1. The first-order valence-corrected chi connectivity index (χ1v) is 6.47. The summed E-state index contributed by atoms with van der Waals surface area (Å²) in [7, 11) is 0. The van der Waals surface area contributed by atoms with E-state index in [1.165, 1.54) is 0 Å². The van der Waals surface area contributed by atoms with Crippen molar-refractivity contribution in [3.63, 3.8) is 0 Å². The van der Waals surface area contributed by atoms with Crippen molar-refractivity contribution in [2.45, 2.75) is 13.3 Å². The summed E-state index contributed by atoms with van der Waals surface area (Å²) >= 11 is 1.67. The summed E-state index contributed by atoms with van der Waals surface area (Å²) in [5.74, 6) is 3.10. The number of Topliss-reactive ketones (excluding diaryl/α,β-unsaturated/α-hetero) is 1. The van der Waals surface area contributed by atoms with Crippen LogP contribution < -0.4 is 9.47 Å². The molecule has 3 nitrogen and oxygen atoms in total. The molecule has 0 aromatic heterocycles. The van der Waals surface area contributed by atoms with E-state index < -0.39 is 0 Å². The predicted molar refractivity (Wildman–Crippen MR) is 64.5 cm³/mol. The summed E-state index contributed by atoms with van der Waals surface area (Å²) in [6, 6.07) is 5.35. The Hall–Kier alpha value is -1.16. The van der Waals surface area contributed by atoms with E-state index in [1.807, 2.05) is 0 Å². The number of thioether (sulfide) groups is 1. The van der Waals surface area contributed by atoms with E-state index >= 15 is 0 Å². The molecular weight excluding hydrogens is 224 g/mol. The molecule has 1 aromatic rings. The van der Waals surface area contributed by atoms with Gasteiger partial charge in [0.2, 0.25) is 6.79 Å². The van der Waals surface area contributed by atoms with Gasteiger partial charge in [0, 0.05) is 5.56 Å². The van der Waals surface area contributed by atoms with Crippen molar-refractivity contribution in [3.8, 4) is 11.5 Å². The number of benzene rings is 1. The number of hydrogen-bond donors (Lipinski definition) is 0. The van der Waals surface area contributed by atoms with Crippen LogP contribution in [0.5, 0.6) is 11.5 Å². The van der Waals surface area contributed by atoms with E-state index in [9.17, 15) is 4.79 Å². The molecule has 4 heteroatoms. The fourth-order valence-electron chi connectivity index (χ4n) is 1.46. The minimum Gasteiger partial charge on any atom is -0.454 e. The molecule has 0 spiro atoms. The van der Waals surface area contributed by atoms with E-state index in [0.29, 0.717) is 17.1 Å². The molecule has 0 saturated heterocycles. The minimum atomic E-state index is 0.150. The summed E-state index contributed by atoms with van der Waals surface area (Å²) in [5.41, 5.74) is 0.702. The number of carbonyl (C=O) groups is 1. The van der Waals surface area contributed by atoms with Crippen molar-refractivity contribution in [1.29, 1.82) is 0 Å². The van der Waals surface area contributed by atoms with Crippen LogP contribution in [0.25, 0.3) is 0 Å². The third-order valence-electron chi connectivity index (χ3n) is 2.28. The highest BCUT2D eigenvalue weighted by Gasteiger charge is 2.15. The fraction of sp³-hybridized carbons (Fsp3) is 0.417. The largest absolute Gasteiger partial charge is 0.454 e. The Kier molecular flexibility index (Phi) is 3.72. The second-order valence-corrected chi connectivity index (χ2v) is 4.65. The molecule has 0 N–H and O–H groups in total. The highest BCUT2D eigenvalue weighted by Crippen LogP contribution is 2.32. The molecule has 0 aliphatic carbocycles. The van der Waals surface area contributed by atoms with Gasteiger partial charge in [-0.1, -0.05) is 6.92 Å². The molecule has 0 radical (unpaired) electrons. The van der Waals surface area contributed by atoms with Crippen LogP contribution in [0.3, 0.4) is 0 Å². The van der Waals surface area contributed by atoms with Gasteiger partial charge in [-0.15, -0.1) is 0 Å². The molecule has 0 amide bonds. The van der Waals surface area contributed by atoms with E-state index in [4.69, 9.17) is 9.47 Å². The highest BCUT2D eigenvalue weighted by atomic mass is 32.2. The average Bonchev–Trinajstić information content (AvgIpc) is 2.76. The molecule has 1 aliphatic heterocycles. The molecule has 1 aliphatic rings. The first-order chi connectivity index (χ1) is 7.81. The Morgan fingerprint density at radius 2 is 2.19 bits per heavy atom. The standard InChI is InChI=1S/C12H14O3S/c1-2-5-16-7-10(13)9-3-4-11-12(6-9)15-8-14-11/h3-4,6H,2,5,7-8H2,1H3. The number of hydrogen-bond acceptors (Lipinski definition) is 4. The minimum absolute atomic E-state index is 0.150. The zero-order chi connectivity index (χ0) is 11.4. The maximum absolute atomic E-state index is 11.8. The molecular formula is C12H14O3S. The number of rotatable bonds is 5. The van der Waals surface area contributed by atoms with E-state index in [-0.39, 0.29) is 12.6 Å². The van der Waals surface area contributed by atoms with E-state index in [0.717, 1.165) is 17.9 Å². The summed E-state index contributed by atoms with van der Waals surface area (Å²) in [6.45, 7) is 2.36. The molecule has 0 unspecified atom stereocenters. The van der Waals surface area contributed by atoms with Crippen LogP contribution in [0, 0.1) is 0 Å². The van der Waals surface area contributed by atoms with Gasteiger partial charge in [-0.3, -0.25) is 4.79 Å². The number of fused-ring (bicyclic) bond motifs is 1. The SMILES string of the molecule is CCCSCC(=O)c1ccc2c(c1)OCO2. The van der Waals surface area contributed by atoms with Crippen LogP contribution in [0.1, 0.15) is 23.7 Å². The lowest BCUT2D eigenvalue weighted by Crippen LogP contribution is -2.02. The molecule has 2 rings (SSSR count). The Morgan fingerprint density at radius 1 is 1.38 bits per heavy atom. The first kappa shape index (κ1) is 11.3. The molecule has 0 fully saturated rings. The second kappa shape index (κ2) is 5.25. The second-order valence-electron chi connectivity index (χ2n) is 3.54. The molecule has 86 valence electrons. The van der Waals surface area contributed by atoms with Crippen molar-refractivity contribution in [2.75, 3.05) is 18.3 Å². The maximum Gasteiger partial charge on any atom is 0.231 e. The lowest BCUT2D eigenvalue weighted by Gasteiger charge is -2.02. The van der Waals surface area contributed by atoms with Crippen LogP contribution >= 0.6 is 11.8 Å².